The first-order valence-corrected chi connectivity index (χ1v) is 5.99. The molecule has 1 aromatic rings. The smallest absolute Gasteiger partial charge is 0.124 e. The molecular weight excluding hydrogens is 203 g/mol. The van der Waals surface area contributed by atoms with Crippen molar-refractivity contribution >= 4 is 6.29 Å². The highest BCUT2D eigenvalue weighted by Gasteiger charge is 2.60. The van der Waals surface area contributed by atoms with Crippen LogP contribution in [0.15, 0.2) is 24.3 Å². The van der Waals surface area contributed by atoms with E-state index in [4.69, 9.17) is 0 Å². The van der Waals surface area contributed by atoms with Crippen molar-refractivity contribution in [3.05, 3.63) is 35.6 Å². The van der Waals surface area contributed by atoms with Crippen molar-refractivity contribution < 1.29 is 9.18 Å². The molecule has 2 aliphatic rings. The van der Waals surface area contributed by atoms with Gasteiger partial charge in [0, 0.05) is 11.3 Å². The van der Waals surface area contributed by atoms with Gasteiger partial charge in [-0.1, -0.05) is 18.6 Å². The molecule has 1 nitrogen and oxygen atoms in total. The average molecular weight is 218 g/mol. The topological polar surface area (TPSA) is 17.1 Å². The van der Waals surface area contributed by atoms with E-state index in [9.17, 15) is 9.18 Å². The molecule has 0 heterocycles. The van der Waals surface area contributed by atoms with Gasteiger partial charge in [-0.05, 0) is 42.9 Å². The lowest BCUT2D eigenvalue weighted by Gasteiger charge is -2.35. The number of carbonyl (C=O) groups excluding carboxylic acids is 1. The second kappa shape index (κ2) is 3.41. The Morgan fingerprint density at radius 3 is 2.69 bits per heavy atom. The van der Waals surface area contributed by atoms with Crippen molar-refractivity contribution in [2.75, 3.05) is 0 Å². The fourth-order valence-electron chi connectivity index (χ4n) is 3.21. The molecule has 0 aromatic heterocycles. The Labute approximate surface area is 94.7 Å². The van der Waals surface area contributed by atoms with Crippen LogP contribution in [0.25, 0.3) is 0 Å². The summed E-state index contributed by atoms with van der Waals surface area (Å²) < 4.78 is 13.3. The van der Waals surface area contributed by atoms with Crippen LogP contribution >= 0.6 is 0 Å². The van der Waals surface area contributed by atoms with E-state index in [0.717, 1.165) is 18.3 Å². The van der Waals surface area contributed by atoms with Gasteiger partial charge in [0.1, 0.15) is 12.1 Å². The second-order valence-corrected chi connectivity index (χ2v) is 5.13. The van der Waals surface area contributed by atoms with Gasteiger partial charge in [-0.3, -0.25) is 0 Å². The number of carbonyl (C=O) groups is 1. The number of hydrogen-bond donors (Lipinski definition) is 0. The molecule has 2 heteroatoms. The highest BCUT2D eigenvalue weighted by Crippen LogP contribution is 2.63. The summed E-state index contributed by atoms with van der Waals surface area (Å²) in [5.74, 6) is 0.539. The zero-order valence-corrected chi connectivity index (χ0v) is 9.16. The molecule has 0 spiro atoms. The molecule has 0 bridgehead atoms. The van der Waals surface area contributed by atoms with E-state index >= 15 is 0 Å². The molecule has 0 amide bonds. The van der Waals surface area contributed by atoms with E-state index < -0.39 is 0 Å². The quantitative estimate of drug-likeness (QED) is 0.712. The molecule has 2 fully saturated rings. The number of aldehydes is 1. The van der Waals surface area contributed by atoms with Gasteiger partial charge in [0.25, 0.3) is 0 Å². The van der Waals surface area contributed by atoms with E-state index in [1.807, 2.05) is 6.07 Å². The standard InChI is InChI=1S/C14H15FO/c15-13-6-2-5-11(7-13)14(8-12(14)9-16)10-3-1-4-10/h2,5-7,9-10,12H,1,3-4,8H2. The van der Waals surface area contributed by atoms with Crippen LogP contribution in [-0.4, -0.2) is 6.29 Å². The summed E-state index contributed by atoms with van der Waals surface area (Å²) in [5, 5.41) is 0. The maximum atomic E-state index is 13.3. The summed E-state index contributed by atoms with van der Waals surface area (Å²) in [6, 6.07) is 6.81. The van der Waals surface area contributed by atoms with E-state index in [-0.39, 0.29) is 17.2 Å². The zero-order valence-electron chi connectivity index (χ0n) is 9.16. The SMILES string of the molecule is O=CC1CC1(c1cccc(F)c1)C1CCC1. The predicted molar refractivity (Wildman–Crippen MR) is 59.6 cm³/mol. The lowest BCUT2D eigenvalue weighted by molar-refractivity contribution is -0.109. The number of hydrogen-bond acceptors (Lipinski definition) is 1. The van der Waals surface area contributed by atoms with Crippen LogP contribution in [0.3, 0.4) is 0 Å². The Morgan fingerprint density at radius 1 is 1.38 bits per heavy atom. The zero-order chi connectivity index (χ0) is 11.2. The largest absolute Gasteiger partial charge is 0.303 e. The normalized spacial score (nSPS) is 33.2. The third kappa shape index (κ3) is 1.25. The molecule has 1 aromatic carbocycles. The third-order valence-electron chi connectivity index (χ3n) is 4.42. The maximum absolute atomic E-state index is 13.3. The second-order valence-electron chi connectivity index (χ2n) is 5.13. The number of halogens is 1. The molecular formula is C14H15FO. The molecule has 2 aliphatic carbocycles. The van der Waals surface area contributed by atoms with Gasteiger partial charge < -0.3 is 4.79 Å². The van der Waals surface area contributed by atoms with Crippen molar-refractivity contribution in [1.82, 2.24) is 0 Å². The number of benzene rings is 1. The molecule has 0 saturated heterocycles. The molecule has 84 valence electrons. The van der Waals surface area contributed by atoms with Gasteiger partial charge in [-0.25, -0.2) is 4.39 Å². The molecule has 2 saturated carbocycles. The fourth-order valence-corrected chi connectivity index (χ4v) is 3.21. The van der Waals surface area contributed by atoms with Crippen LogP contribution in [0.5, 0.6) is 0 Å². The van der Waals surface area contributed by atoms with E-state index in [1.54, 1.807) is 12.1 Å². The minimum atomic E-state index is -0.187. The predicted octanol–water partition coefficient (Wildman–Crippen LogP) is 3.08. The summed E-state index contributed by atoms with van der Waals surface area (Å²) in [6.45, 7) is 0. The maximum Gasteiger partial charge on any atom is 0.124 e. The Kier molecular flexibility index (Phi) is 2.13. The van der Waals surface area contributed by atoms with E-state index in [2.05, 4.69) is 0 Å². The minimum absolute atomic E-state index is 0.0118. The minimum Gasteiger partial charge on any atom is -0.303 e. The molecule has 0 radical (unpaired) electrons. The Hall–Kier alpha value is -1.18. The molecule has 3 rings (SSSR count). The average Bonchev–Trinajstić information content (AvgIpc) is 2.91. The Morgan fingerprint density at radius 2 is 2.19 bits per heavy atom. The van der Waals surface area contributed by atoms with Gasteiger partial charge in [0.15, 0.2) is 0 Å². The fraction of sp³-hybridized carbons (Fsp3) is 0.500. The molecule has 2 unspecified atom stereocenters. The van der Waals surface area contributed by atoms with Crippen LogP contribution in [0.4, 0.5) is 4.39 Å². The lowest BCUT2D eigenvalue weighted by atomic mass is 9.69. The van der Waals surface area contributed by atoms with Crippen molar-refractivity contribution in [2.24, 2.45) is 11.8 Å². The lowest BCUT2D eigenvalue weighted by Crippen LogP contribution is -2.29. The van der Waals surface area contributed by atoms with Crippen LogP contribution in [-0.2, 0) is 10.2 Å². The van der Waals surface area contributed by atoms with Crippen molar-refractivity contribution in [3.63, 3.8) is 0 Å². The molecule has 16 heavy (non-hydrogen) atoms. The monoisotopic (exact) mass is 218 g/mol. The van der Waals surface area contributed by atoms with E-state index in [0.29, 0.717) is 5.92 Å². The van der Waals surface area contributed by atoms with Crippen LogP contribution in [0.1, 0.15) is 31.2 Å². The van der Waals surface area contributed by atoms with Crippen LogP contribution in [0.2, 0.25) is 0 Å². The Balaban J connectivity index is 1.98. The highest BCUT2D eigenvalue weighted by atomic mass is 19.1. The van der Waals surface area contributed by atoms with E-state index in [1.165, 1.54) is 25.3 Å². The number of rotatable bonds is 3. The van der Waals surface area contributed by atoms with Crippen LogP contribution in [0, 0.1) is 17.7 Å². The van der Waals surface area contributed by atoms with Gasteiger partial charge in [0.2, 0.25) is 0 Å². The van der Waals surface area contributed by atoms with Gasteiger partial charge in [-0.2, -0.15) is 0 Å². The first-order chi connectivity index (χ1) is 7.77. The highest BCUT2D eigenvalue weighted by molar-refractivity contribution is 5.65. The summed E-state index contributed by atoms with van der Waals surface area (Å²) in [4.78, 5) is 11.0. The molecule has 2 atom stereocenters. The summed E-state index contributed by atoms with van der Waals surface area (Å²) in [6.07, 6.45) is 5.63. The first kappa shape index (κ1) is 10.0. The summed E-state index contributed by atoms with van der Waals surface area (Å²) in [5.41, 5.74) is 1.02. The van der Waals surface area contributed by atoms with Gasteiger partial charge in [-0.15, -0.1) is 0 Å². The van der Waals surface area contributed by atoms with Crippen molar-refractivity contribution in [3.8, 4) is 0 Å². The van der Waals surface area contributed by atoms with Gasteiger partial charge in [0.05, 0.1) is 0 Å². The first-order valence-electron chi connectivity index (χ1n) is 5.99. The Bertz CT molecular complexity index is 424. The third-order valence-corrected chi connectivity index (χ3v) is 4.42. The summed E-state index contributed by atoms with van der Waals surface area (Å²) >= 11 is 0. The molecule has 0 N–H and O–H groups in total. The van der Waals surface area contributed by atoms with Gasteiger partial charge >= 0.3 is 0 Å². The van der Waals surface area contributed by atoms with Crippen molar-refractivity contribution in [2.45, 2.75) is 31.1 Å². The summed E-state index contributed by atoms with van der Waals surface area (Å²) in [7, 11) is 0. The van der Waals surface area contributed by atoms with Crippen molar-refractivity contribution in [1.29, 1.82) is 0 Å². The van der Waals surface area contributed by atoms with Crippen LogP contribution < -0.4 is 0 Å². The molecule has 0 aliphatic heterocycles.